The summed E-state index contributed by atoms with van der Waals surface area (Å²) in [4.78, 5) is 19.2. The number of nitrogens with zero attached hydrogens (tertiary/aromatic N) is 2. The summed E-state index contributed by atoms with van der Waals surface area (Å²) < 4.78 is 13.5. The monoisotopic (exact) mass is 362 g/mol. The van der Waals surface area contributed by atoms with Crippen molar-refractivity contribution in [3.63, 3.8) is 0 Å². The average Bonchev–Trinajstić information content (AvgIpc) is 2.98. The van der Waals surface area contributed by atoms with Crippen molar-refractivity contribution in [3.8, 4) is 0 Å². The minimum absolute atomic E-state index is 0.127. The molecular weight excluding hydrogens is 351 g/mol. The van der Waals surface area contributed by atoms with Gasteiger partial charge in [-0.15, -0.1) is 0 Å². The van der Waals surface area contributed by atoms with Gasteiger partial charge in [-0.2, -0.15) is 5.10 Å². The lowest BCUT2D eigenvalue weighted by molar-refractivity contribution is -0.118. The summed E-state index contributed by atoms with van der Waals surface area (Å²) in [7, 11) is 0. The van der Waals surface area contributed by atoms with Crippen LogP contribution >= 0.6 is 23.4 Å². The van der Waals surface area contributed by atoms with Crippen LogP contribution in [0, 0.1) is 5.82 Å². The van der Waals surface area contributed by atoms with Gasteiger partial charge in [0.25, 0.3) is 5.91 Å². The van der Waals surface area contributed by atoms with Gasteiger partial charge in [-0.05, 0) is 24.3 Å². The van der Waals surface area contributed by atoms with E-state index >= 15 is 0 Å². The number of halogens is 2. The topological polar surface area (TPSA) is 70.1 Å². The van der Waals surface area contributed by atoms with Crippen LogP contribution in [0.4, 0.5) is 4.39 Å². The molecule has 1 amide bonds. The molecule has 2 N–H and O–H groups in total. The fourth-order valence-corrected chi connectivity index (χ4v) is 2.86. The van der Waals surface area contributed by atoms with E-state index in [0.717, 1.165) is 11.0 Å². The Bertz CT molecular complexity index is 859. The van der Waals surface area contributed by atoms with Crippen LogP contribution in [0.3, 0.4) is 0 Å². The van der Waals surface area contributed by atoms with Crippen LogP contribution in [0.25, 0.3) is 11.0 Å². The molecule has 0 radical (unpaired) electrons. The van der Waals surface area contributed by atoms with E-state index in [0.29, 0.717) is 5.16 Å². The Morgan fingerprint density at radius 3 is 2.96 bits per heavy atom. The number of hydrogen-bond donors (Lipinski definition) is 2. The quantitative estimate of drug-likeness (QED) is 0.414. The van der Waals surface area contributed by atoms with Crippen molar-refractivity contribution in [2.45, 2.75) is 5.16 Å². The molecule has 3 rings (SSSR count). The van der Waals surface area contributed by atoms with Gasteiger partial charge in [-0.25, -0.2) is 14.8 Å². The van der Waals surface area contributed by atoms with Crippen molar-refractivity contribution in [1.82, 2.24) is 15.4 Å². The van der Waals surface area contributed by atoms with Gasteiger partial charge in [-0.1, -0.05) is 41.6 Å². The molecule has 0 saturated heterocycles. The number of hydrogen-bond acceptors (Lipinski definition) is 4. The molecule has 0 unspecified atom stereocenters. The van der Waals surface area contributed by atoms with Gasteiger partial charge in [0.05, 0.1) is 28.0 Å². The van der Waals surface area contributed by atoms with Crippen molar-refractivity contribution < 1.29 is 9.18 Å². The highest BCUT2D eigenvalue weighted by Crippen LogP contribution is 2.19. The fourth-order valence-electron chi connectivity index (χ4n) is 1.97. The van der Waals surface area contributed by atoms with Crippen LogP contribution in [0.2, 0.25) is 5.02 Å². The first-order chi connectivity index (χ1) is 11.6. The van der Waals surface area contributed by atoms with Gasteiger partial charge in [0, 0.05) is 5.56 Å². The number of para-hydroxylation sites is 2. The van der Waals surface area contributed by atoms with Crippen molar-refractivity contribution in [2.75, 3.05) is 5.75 Å². The average molecular weight is 363 g/mol. The predicted octanol–water partition coefficient (Wildman–Crippen LogP) is 3.60. The highest BCUT2D eigenvalue weighted by molar-refractivity contribution is 7.99. The van der Waals surface area contributed by atoms with Gasteiger partial charge in [0.1, 0.15) is 5.82 Å². The second kappa shape index (κ2) is 7.46. The molecule has 122 valence electrons. The van der Waals surface area contributed by atoms with Crippen molar-refractivity contribution in [2.24, 2.45) is 5.10 Å². The summed E-state index contributed by atoms with van der Waals surface area (Å²) >= 11 is 7.12. The minimum atomic E-state index is -0.503. The number of thioether (sulfide) groups is 1. The van der Waals surface area contributed by atoms with E-state index in [2.05, 4.69) is 20.5 Å². The van der Waals surface area contributed by atoms with Gasteiger partial charge in [0.15, 0.2) is 5.16 Å². The van der Waals surface area contributed by atoms with Crippen molar-refractivity contribution in [3.05, 3.63) is 58.9 Å². The molecule has 0 spiro atoms. The molecule has 2 aromatic carbocycles. The van der Waals surface area contributed by atoms with E-state index in [1.807, 2.05) is 24.3 Å². The van der Waals surface area contributed by atoms with Crippen molar-refractivity contribution >= 4 is 46.5 Å². The molecule has 0 aliphatic heterocycles. The first kappa shape index (κ1) is 16.5. The van der Waals surface area contributed by atoms with E-state index in [-0.39, 0.29) is 22.2 Å². The fraction of sp³-hybridized carbons (Fsp3) is 0.0625. The molecule has 1 aromatic heterocycles. The highest BCUT2D eigenvalue weighted by Gasteiger charge is 2.07. The van der Waals surface area contributed by atoms with Gasteiger partial charge in [0.2, 0.25) is 0 Å². The van der Waals surface area contributed by atoms with Crippen molar-refractivity contribution in [1.29, 1.82) is 0 Å². The molecule has 0 saturated carbocycles. The number of amides is 1. The second-order valence-corrected chi connectivity index (χ2v) is 6.15. The van der Waals surface area contributed by atoms with Gasteiger partial charge in [-0.3, -0.25) is 4.79 Å². The summed E-state index contributed by atoms with van der Waals surface area (Å²) in [5.74, 6) is -0.705. The minimum Gasteiger partial charge on any atom is -0.333 e. The number of imidazole rings is 1. The molecule has 5 nitrogen and oxygen atoms in total. The maximum Gasteiger partial charge on any atom is 0.250 e. The maximum absolute atomic E-state index is 13.5. The standard InChI is InChI=1S/C16H12ClFN4OS/c17-11-4-3-5-12(18)10(11)8-19-22-15(23)9-24-16-20-13-6-1-2-7-14(13)21-16/h1-8H,9H2,(H,20,21)(H,22,23)/b19-8+. The molecule has 3 aromatic rings. The summed E-state index contributed by atoms with van der Waals surface area (Å²) in [6.45, 7) is 0. The lowest BCUT2D eigenvalue weighted by atomic mass is 10.2. The van der Waals surface area contributed by atoms with Gasteiger partial charge >= 0.3 is 0 Å². The number of H-pyrrole nitrogens is 1. The molecule has 0 aliphatic carbocycles. The Kier molecular flexibility index (Phi) is 5.12. The number of aromatic amines is 1. The first-order valence-corrected chi connectivity index (χ1v) is 8.33. The Hall–Kier alpha value is -2.38. The number of carbonyl (C=O) groups excluding carboxylic acids is 1. The summed E-state index contributed by atoms with van der Waals surface area (Å²) in [5, 5.41) is 4.60. The maximum atomic E-state index is 13.5. The van der Waals surface area contributed by atoms with Crippen LogP contribution in [0.5, 0.6) is 0 Å². The number of aromatic nitrogens is 2. The zero-order chi connectivity index (χ0) is 16.9. The molecule has 1 heterocycles. The smallest absolute Gasteiger partial charge is 0.250 e. The Balaban J connectivity index is 1.55. The third kappa shape index (κ3) is 3.93. The first-order valence-electron chi connectivity index (χ1n) is 6.97. The van der Waals surface area contributed by atoms with E-state index in [9.17, 15) is 9.18 Å². The van der Waals surface area contributed by atoms with E-state index in [1.54, 1.807) is 6.07 Å². The summed E-state index contributed by atoms with van der Waals surface area (Å²) in [6, 6.07) is 11.9. The molecular formula is C16H12ClFN4OS. The van der Waals surface area contributed by atoms with E-state index in [4.69, 9.17) is 11.6 Å². The Labute approximate surface area is 146 Å². The normalized spacial score (nSPS) is 11.2. The summed E-state index contributed by atoms with van der Waals surface area (Å²) in [6.07, 6.45) is 1.18. The summed E-state index contributed by atoms with van der Waals surface area (Å²) in [5.41, 5.74) is 4.21. The van der Waals surface area contributed by atoms with Crippen LogP contribution < -0.4 is 5.43 Å². The Morgan fingerprint density at radius 1 is 1.33 bits per heavy atom. The zero-order valence-corrected chi connectivity index (χ0v) is 13.9. The van der Waals surface area contributed by atoms with Crippen LogP contribution in [0.15, 0.2) is 52.7 Å². The number of benzene rings is 2. The largest absolute Gasteiger partial charge is 0.333 e. The van der Waals surface area contributed by atoms with E-state index < -0.39 is 5.82 Å². The lowest BCUT2D eigenvalue weighted by Crippen LogP contribution is -2.19. The molecule has 8 heteroatoms. The molecule has 24 heavy (non-hydrogen) atoms. The highest BCUT2D eigenvalue weighted by atomic mass is 35.5. The number of rotatable bonds is 5. The van der Waals surface area contributed by atoms with Crippen LogP contribution in [-0.4, -0.2) is 27.8 Å². The number of carbonyl (C=O) groups is 1. The SMILES string of the molecule is O=C(CSc1nc2ccccc2[nH]1)N/N=C/c1c(F)cccc1Cl. The number of fused-ring (bicyclic) bond motifs is 1. The number of nitrogens with one attached hydrogen (secondary N) is 2. The third-order valence-corrected chi connectivity index (χ3v) is 4.29. The van der Waals surface area contributed by atoms with Crippen LogP contribution in [-0.2, 0) is 4.79 Å². The molecule has 0 fully saturated rings. The predicted molar refractivity (Wildman–Crippen MR) is 94.0 cm³/mol. The van der Waals surface area contributed by atoms with E-state index in [1.165, 1.54) is 30.1 Å². The molecule has 0 bridgehead atoms. The molecule has 0 atom stereocenters. The van der Waals surface area contributed by atoms with Gasteiger partial charge < -0.3 is 4.98 Å². The third-order valence-electron chi connectivity index (χ3n) is 3.09. The lowest BCUT2D eigenvalue weighted by Gasteiger charge is -2.00. The second-order valence-electron chi connectivity index (χ2n) is 4.78. The van der Waals surface area contributed by atoms with Crippen LogP contribution in [0.1, 0.15) is 5.56 Å². The number of hydrazone groups is 1. The molecule has 0 aliphatic rings. The zero-order valence-electron chi connectivity index (χ0n) is 12.3. The Morgan fingerprint density at radius 2 is 2.17 bits per heavy atom.